The SMILES string of the molecule is O=C(Cl)[C@H]1O[C@@H]1C(=O)Cl. The number of carbonyl (C=O) groups is 2. The Labute approximate surface area is 60.9 Å². The fraction of sp³-hybridized carbons (Fsp3) is 0.500. The zero-order chi connectivity index (χ0) is 7.02. The second-order valence-electron chi connectivity index (χ2n) is 1.59. The quantitative estimate of drug-likeness (QED) is 0.440. The van der Waals surface area contributed by atoms with Gasteiger partial charge in [0, 0.05) is 0 Å². The first-order chi connectivity index (χ1) is 4.13. The number of ether oxygens (including phenoxy) is 1. The van der Waals surface area contributed by atoms with Crippen LogP contribution in [0.25, 0.3) is 0 Å². The number of carbonyl (C=O) groups excluding carboxylic acids is 2. The lowest BCUT2D eigenvalue weighted by atomic mass is 10.4. The van der Waals surface area contributed by atoms with E-state index in [1.165, 1.54) is 0 Å². The van der Waals surface area contributed by atoms with Crippen LogP contribution in [0.5, 0.6) is 0 Å². The Morgan fingerprint density at radius 3 is 1.56 bits per heavy atom. The Balaban J connectivity index is 2.42. The number of epoxide rings is 1. The molecule has 1 saturated heterocycles. The number of halogens is 2. The summed E-state index contributed by atoms with van der Waals surface area (Å²) in [6, 6.07) is 0. The molecule has 0 aliphatic carbocycles. The summed E-state index contributed by atoms with van der Waals surface area (Å²) in [6.45, 7) is 0. The van der Waals surface area contributed by atoms with E-state index in [9.17, 15) is 9.59 Å². The second-order valence-corrected chi connectivity index (χ2v) is 2.33. The molecule has 5 heteroatoms. The Morgan fingerprint density at radius 1 is 1.11 bits per heavy atom. The molecule has 0 bridgehead atoms. The minimum absolute atomic E-state index is 0.672. The highest BCUT2D eigenvalue weighted by molar-refractivity contribution is 6.68. The molecule has 0 unspecified atom stereocenters. The molecule has 0 spiro atoms. The molecule has 50 valence electrons. The van der Waals surface area contributed by atoms with Gasteiger partial charge in [-0.05, 0) is 23.2 Å². The fourth-order valence-electron chi connectivity index (χ4n) is 0.458. The van der Waals surface area contributed by atoms with Gasteiger partial charge in [-0.15, -0.1) is 0 Å². The van der Waals surface area contributed by atoms with Crippen LogP contribution in [-0.4, -0.2) is 22.7 Å². The molecule has 0 N–H and O–H groups in total. The highest BCUT2D eigenvalue weighted by Crippen LogP contribution is 2.26. The van der Waals surface area contributed by atoms with Crippen LogP contribution in [0.3, 0.4) is 0 Å². The topological polar surface area (TPSA) is 46.7 Å². The van der Waals surface area contributed by atoms with E-state index in [0.29, 0.717) is 0 Å². The predicted molar refractivity (Wildman–Crippen MR) is 30.4 cm³/mol. The molecule has 2 atom stereocenters. The van der Waals surface area contributed by atoms with Gasteiger partial charge in [-0.25, -0.2) is 0 Å². The van der Waals surface area contributed by atoms with Crippen LogP contribution in [0.1, 0.15) is 0 Å². The maximum absolute atomic E-state index is 10.2. The molecular formula is C4H2Cl2O3. The van der Waals surface area contributed by atoms with Gasteiger partial charge in [-0.3, -0.25) is 9.59 Å². The Kier molecular flexibility index (Phi) is 1.75. The van der Waals surface area contributed by atoms with Crippen molar-refractivity contribution in [1.82, 2.24) is 0 Å². The first kappa shape index (κ1) is 6.99. The number of hydrogen-bond acceptors (Lipinski definition) is 3. The largest absolute Gasteiger partial charge is 0.350 e. The van der Waals surface area contributed by atoms with E-state index in [1.807, 2.05) is 0 Å². The third kappa shape index (κ3) is 1.41. The molecule has 1 fully saturated rings. The third-order valence-electron chi connectivity index (χ3n) is 0.939. The van der Waals surface area contributed by atoms with Crippen molar-refractivity contribution < 1.29 is 14.3 Å². The summed E-state index contributed by atoms with van der Waals surface area (Å²) in [7, 11) is 0. The first-order valence-electron chi connectivity index (χ1n) is 2.17. The third-order valence-corrected chi connectivity index (χ3v) is 1.37. The van der Waals surface area contributed by atoms with E-state index in [1.54, 1.807) is 0 Å². The molecule has 1 rings (SSSR count). The first-order valence-corrected chi connectivity index (χ1v) is 2.92. The van der Waals surface area contributed by atoms with Crippen molar-refractivity contribution in [2.75, 3.05) is 0 Å². The van der Waals surface area contributed by atoms with E-state index in [2.05, 4.69) is 4.74 Å². The van der Waals surface area contributed by atoms with Gasteiger partial charge in [0.05, 0.1) is 0 Å². The summed E-state index contributed by atoms with van der Waals surface area (Å²) in [6.07, 6.45) is -1.59. The van der Waals surface area contributed by atoms with Crippen molar-refractivity contribution in [2.45, 2.75) is 12.2 Å². The van der Waals surface area contributed by atoms with E-state index in [0.717, 1.165) is 0 Å². The van der Waals surface area contributed by atoms with Gasteiger partial charge in [0.25, 0.3) is 10.5 Å². The summed E-state index contributed by atoms with van der Waals surface area (Å²) in [5.41, 5.74) is 0. The maximum atomic E-state index is 10.2. The van der Waals surface area contributed by atoms with Crippen molar-refractivity contribution >= 4 is 33.7 Å². The second kappa shape index (κ2) is 2.25. The van der Waals surface area contributed by atoms with Gasteiger partial charge in [0.15, 0.2) is 12.2 Å². The molecule has 0 aromatic heterocycles. The Bertz CT molecular complexity index is 149. The zero-order valence-electron chi connectivity index (χ0n) is 4.14. The van der Waals surface area contributed by atoms with Crippen LogP contribution in [-0.2, 0) is 14.3 Å². The molecular weight excluding hydrogens is 167 g/mol. The van der Waals surface area contributed by atoms with Gasteiger partial charge in [-0.2, -0.15) is 0 Å². The average Bonchev–Trinajstić information content (AvgIpc) is 2.39. The van der Waals surface area contributed by atoms with Gasteiger partial charge in [-0.1, -0.05) is 0 Å². The highest BCUT2D eigenvalue weighted by Gasteiger charge is 2.48. The molecule has 0 radical (unpaired) electrons. The molecule has 0 aromatic rings. The van der Waals surface area contributed by atoms with Gasteiger partial charge < -0.3 is 4.74 Å². The molecule has 0 saturated carbocycles. The molecule has 1 aliphatic rings. The van der Waals surface area contributed by atoms with Gasteiger partial charge >= 0.3 is 0 Å². The molecule has 9 heavy (non-hydrogen) atoms. The normalized spacial score (nSPS) is 31.8. The van der Waals surface area contributed by atoms with Crippen LogP contribution >= 0.6 is 23.2 Å². The van der Waals surface area contributed by atoms with Crippen LogP contribution in [0.4, 0.5) is 0 Å². The summed E-state index contributed by atoms with van der Waals surface area (Å²) in [5, 5.41) is -1.34. The van der Waals surface area contributed by atoms with E-state index < -0.39 is 22.7 Å². The van der Waals surface area contributed by atoms with Crippen molar-refractivity contribution in [3.8, 4) is 0 Å². The summed E-state index contributed by atoms with van der Waals surface area (Å²) >= 11 is 9.88. The Hall–Kier alpha value is -0.120. The molecule has 0 aromatic carbocycles. The van der Waals surface area contributed by atoms with Crippen LogP contribution in [0.15, 0.2) is 0 Å². The Morgan fingerprint density at radius 2 is 1.44 bits per heavy atom. The standard InChI is InChI=1S/C4H2Cl2O3/c5-3(7)1-2(9-1)4(6)8/h1-2H/t1-,2-/m0/s1. The minimum atomic E-state index is -0.795. The van der Waals surface area contributed by atoms with Crippen LogP contribution in [0.2, 0.25) is 0 Å². The van der Waals surface area contributed by atoms with E-state index >= 15 is 0 Å². The van der Waals surface area contributed by atoms with Crippen LogP contribution < -0.4 is 0 Å². The predicted octanol–water partition coefficient (Wildman–Crippen LogP) is 0.285. The lowest BCUT2D eigenvalue weighted by molar-refractivity contribution is -0.114. The lowest BCUT2D eigenvalue weighted by Gasteiger charge is -1.75. The molecule has 0 amide bonds. The van der Waals surface area contributed by atoms with E-state index in [-0.39, 0.29) is 0 Å². The van der Waals surface area contributed by atoms with Crippen LogP contribution in [0, 0.1) is 0 Å². The van der Waals surface area contributed by atoms with Gasteiger partial charge in [0.1, 0.15) is 0 Å². The average molecular weight is 169 g/mol. The fourth-order valence-corrected chi connectivity index (χ4v) is 0.789. The van der Waals surface area contributed by atoms with E-state index in [4.69, 9.17) is 23.2 Å². The number of rotatable bonds is 2. The van der Waals surface area contributed by atoms with Crippen molar-refractivity contribution in [3.05, 3.63) is 0 Å². The summed E-state index contributed by atoms with van der Waals surface area (Å²) in [4.78, 5) is 20.3. The molecule has 3 nitrogen and oxygen atoms in total. The maximum Gasteiger partial charge on any atom is 0.253 e. The summed E-state index contributed by atoms with van der Waals surface area (Å²) in [5.74, 6) is 0. The highest BCUT2D eigenvalue weighted by atomic mass is 35.5. The van der Waals surface area contributed by atoms with Gasteiger partial charge in [0.2, 0.25) is 0 Å². The van der Waals surface area contributed by atoms with Crippen molar-refractivity contribution in [3.63, 3.8) is 0 Å². The van der Waals surface area contributed by atoms with Crippen molar-refractivity contribution in [2.24, 2.45) is 0 Å². The monoisotopic (exact) mass is 168 g/mol. The number of hydrogen-bond donors (Lipinski definition) is 0. The van der Waals surface area contributed by atoms with Crippen molar-refractivity contribution in [1.29, 1.82) is 0 Å². The molecule has 1 aliphatic heterocycles. The smallest absolute Gasteiger partial charge is 0.253 e. The summed E-state index contributed by atoms with van der Waals surface area (Å²) < 4.78 is 4.48. The zero-order valence-corrected chi connectivity index (χ0v) is 5.65. The lowest BCUT2D eigenvalue weighted by Crippen LogP contribution is -2.06. The minimum Gasteiger partial charge on any atom is -0.350 e. The molecule has 1 heterocycles.